The largest absolute Gasteiger partial charge is 0.496 e. The van der Waals surface area contributed by atoms with Gasteiger partial charge in [0.2, 0.25) is 0 Å². The van der Waals surface area contributed by atoms with Crippen LogP contribution in [0.3, 0.4) is 0 Å². The molecule has 19 heavy (non-hydrogen) atoms. The molecule has 0 spiro atoms. The van der Waals surface area contributed by atoms with E-state index in [1.165, 1.54) is 0 Å². The van der Waals surface area contributed by atoms with E-state index in [2.05, 4.69) is 5.32 Å². The summed E-state index contributed by atoms with van der Waals surface area (Å²) in [7, 11) is -1.13. The molecule has 0 aromatic heterocycles. The van der Waals surface area contributed by atoms with E-state index in [9.17, 15) is 9.82 Å². The first-order chi connectivity index (χ1) is 9.16. The van der Waals surface area contributed by atoms with Crippen molar-refractivity contribution in [2.75, 3.05) is 19.8 Å². The Morgan fingerprint density at radius 2 is 2.21 bits per heavy atom. The first-order valence-electron chi connectivity index (χ1n) is 5.89. The molecular weight excluding hydrogens is 253 g/mol. The van der Waals surface area contributed by atoms with Gasteiger partial charge in [-0.05, 0) is 11.6 Å². The molecule has 2 aliphatic heterocycles. The maximum Gasteiger partial charge on any atom is 0.496 e. The van der Waals surface area contributed by atoms with Gasteiger partial charge < -0.3 is 29.6 Å². The fraction of sp³-hybridized carbons (Fsp3) is 0.364. The number of nitrogens with one attached hydrogen (secondary N) is 1. The molecule has 0 aliphatic carbocycles. The lowest BCUT2D eigenvalue weighted by Crippen LogP contribution is -2.32. The molecule has 1 atom stereocenters. The molecule has 3 rings (SSSR count). The lowest BCUT2D eigenvalue weighted by Gasteiger charge is -2.21. The molecule has 0 bridgehead atoms. The normalized spacial score (nSPS) is 20.1. The Morgan fingerprint density at radius 3 is 3.00 bits per heavy atom. The molecule has 0 radical (unpaired) electrons. The molecule has 7 nitrogen and oxygen atoms in total. The first-order valence-corrected chi connectivity index (χ1v) is 5.89. The van der Waals surface area contributed by atoms with Crippen LogP contribution in [0.1, 0.15) is 11.7 Å². The summed E-state index contributed by atoms with van der Waals surface area (Å²) in [5.41, 5.74) is 1.24. The molecule has 2 heterocycles. The van der Waals surface area contributed by atoms with Crippen LogP contribution in [0.15, 0.2) is 12.1 Å². The standard InChI is InChI=1S/C11H12BNO6/c14-11(15)13-5-8-6-1-2-7-10(18-4-3-17-7)9(6)12(16)19-8/h1-2,8,13,16H,3-5H2,(H,14,15). The van der Waals surface area contributed by atoms with Gasteiger partial charge in [0.25, 0.3) is 0 Å². The highest BCUT2D eigenvalue weighted by Crippen LogP contribution is 2.35. The molecule has 3 N–H and O–H groups in total. The SMILES string of the molecule is O=C(O)NCC1OB(O)c2c1ccc1c2OCCO1. The van der Waals surface area contributed by atoms with Crippen molar-refractivity contribution in [3.05, 3.63) is 17.7 Å². The van der Waals surface area contributed by atoms with Gasteiger partial charge in [0.1, 0.15) is 13.2 Å². The van der Waals surface area contributed by atoms with Crippen LogP contribution in [-0.2, 0) is 4.65 Å². The Labute approximate surface area is 109 Å². The summed E-state index contributed by atoms with van der Waals surface area (Å²) in [5.74, 6) is 1.05. The maximum absolute atomic E-state index is 10.5. The van der Waals surface area contributed by atoms with Crippen LogP contribution in [0, 0.1) is 0 Å². The third-order valence-electron chi connectivity index (χ3n) is 3.11. The van der Waals surface area contributed by atoms with Crippen molar-refractivity contribution in [3.8, 4) is 11.5 Å². The molecule has 0 fully saturated rings. The van der Waals surface area contributed by atoms with Gasteiger partial charge in [0, 0.05) is 12.0 Å². The number of rotatable bonds is 2. The van der Waals surface area contributed by atoms with Crippen LogP contribution in [0.5, 0.6) is 11.5 Å². The van der Waals surface area contributed by atoms with Gasteiger partial charge in [-0.3, -0.25) is 0 Å². The van der Waals surface area contributed by atoms with Crippen molar-refractivity contribution in [1.82, 2.24) is 5.32 Å². The summed E-state index contributed by atoms with van der Waals surface area (Å²) in [4.78, 5) is 10.5. The highest BCUT2D eigenvalue weighted by Gasteiger charge is 2.40. The first kappa shape index (κ1) is 12.1. The number of carboxylic acid groups (broad SMARTS) is 1. The Kier molecular flexibility index (Phi) is 2.96. The quantitative estimate of drug-likeness (QED) is 0.623. The van der Waals surface area contributed by atoms with Crippen LogP contribution < -0.4 is 20.3 Å². The monoisotopic (exact) mass is 265 g/mol. The highest BCUT2D eigenvalue weighted by molar-refractivity contribution is 6.63. The number of amides is 1. The van der Waals surface area contributed by atoms with Crippen molar-refractivity contribution in [2.24, 2.45) is 0 Å². The third kappa shape index (κ3) is 2.09. The smallest absolute Gasteiger partial charge is 0.486 e. The topological polar surface area (TPSA) is 97.3 Å². The molecule has 1 amide bonds. The number of benzene rings is 1. The fourth-order valence-electron chi connectivity index (χ4n) is 2.32. The second kappa shape index (κ2) is 4.63. The van der Waals surface area contributed by atoms with E-state index in [0.717, 1.165) is 0 Å². The van der Waals surface area contributed by atoms with E-state index in [-0.39, 0.29) is 6.54 Å². The summed E-state index contributed by atoms with van der Waals surface area (Å²) >= 11 is 0. The Balaban J connectivity index is 1.92. The van der Waals surface area contributed by atoms with Crippen molar-refractivity contribution < 1.29 is 29.1 Å². The van der Waals surface area contributed by atoms with Gasteiger partial charge in [-0.2, -0.15) is 0 Å². The van der Waals surface area contributed by atoms with Gasteiger partial charge in [-0.25, -0.2) is 4.79 Å². The van der Waals surface area contributed by atoms with E-state index in [0.29, 0.717) is 35.7 Å². The van der Waals surface area contributed by atoms with Gasteiger partial charge in [-0.15, -0.1) is 0 Å². The van der Waals surface area contributed by atoms with E-state index in [4.69, 9.17) is 19.2 Å². The number of ether oxygens (including phenoxy) is 2. The number of carbonyl (C=O) groups is 1. The van der Waals surface area contributed by atoms with E-state index >= 15 is 0 Å². The van der Waals surface area contributed by atoms with E-state index < -0.39 is 19.3 Å². The van der Waals surface area contributed by atoms with Gasteiger partial charge >= 0.3 is 13.2 Å². The Hall–Kier alpha value is -1.93. The Bertz CT molecular complexity index is 522. The predicted octanol–water partition coefficient (Wildman–Crippen LogP) is -0.516. The minimum atomic E-state index is -1.14. The van der Waals surface area contributed by atoms with Crippen molar-refractivity contribution in [1.29, 1.82) is 0 Å². The average molecular weight is 265 g/mol. The van der Waals surface area contributed by atoms with Crippen LogP contribution >= 0.6 is 0 Å². The van der Waals surface area contributed by atoms with Crippen LogP contribution in [0.25, 0.3) is 0 Å². The van der Waals surface area contributed by atoms with E-state index in [1.807, 2.05) is 0 Å². The lowest BCUT2D eigenvalue weighted by atomic mass is 9.78. The van der Waals surface area contributed by atoms with Crippen molar-refractivity contribution in [3.63, 3.8) is 0 Å². The number of hydrogen-bond acceptors (Lipinski definition) is 5. The zero-order valence-electron chi connectivity index (χ0n) is 9.96. The molecule has 1 unspecified atom stereocenters. The maximum atomic E-state index is 10.5. The zero-order valence-corrected chi connectivity index (χ0v) is 9.96. The van der Waals surface area contributed by atoms with Gasteiger partial charge in [0.05, 0.1) is 6.10 Å². The van der Waals surface area contributed by atoms with Gasteiger partial charge in [0.15, 0.2) is 11.5 Å². The van der Waals surface area contributed by atoms with Crippen LogP contribution in [0.2, 0.25) is 0 Å². The molecule has 2 aliphatic rings. The lowest BCUT2D eigenvalue weighted by molar-refractivity contribution is 0.167. The average Bonchev–Trinajstić information content (AvgIpc) is 2.73. The molecule has 8 heteroatoms. The minimum Gasteiger partial charge on any atom is -0.486 e. The van der Waals surface area contributed by atoms with Crippen LogP contribution in [-0.4, -0.2) is 43.1 Å². The number of fused-ring (bicyclic) bond motifs is 3. The van der Waals surface area contributed by atoms with Crippen molar-refractivity contribution >= 4 is 18.7 Å². The summed E-state index contributed by atoms with van der Waals surface area (Å²) < 4.78 is 16.3. The zero-order chi connectivity index (χ0) is 13.4. The third-order valence-corrected chi connectivity index (χ3v) is 3.11. The number of hydrogen-bond donors (Lipinski definition) is 3. The molecular formula is C11H12BNO6. The van der Waals surface area contributed by atoms with Crippen molar-refractivity contribution in [2.45, 2.75) is 6.10 Å². The van der Waals surface area contributed by atoms with E-state index in [1.54, 1.807) is 12.1 Å². The minimum absolute atomic E-state index is 0.0685. The summed E-state index contributed by atoms with van der Waals surface area (Å²) in [5, 5.41) is 20.8. The molecule has 0 saturated carbocycles. The Morgan fingerprint density at radius 1 is 1.42 bits per heavy atom. The second-order valence-electron chi connectivity index (χ2n) is 4.26. The van der Waals surface area contributed by atoms with Gasteiger partial charge in [-0.1, -0.05) is 6.07 Å². The summed E-state index contributed by atoms with van der Waals surface area (Å²) in [6.45, 7) is 0.944. The van der Waals surface area contributed by atoms with Crippen LogP contribution in [0.4, 0.5) is 4.79 Å². The highest BCUT2D eigenvalue weighted by atomic mass is 16.6. The summed E-state index contributed by atoms with van der Waals surface area (Å²) in [6.07, 6.45) is -1.67. The fourth-order valence-corrected chi connectivity index (χ4v) is 2.32. The summed E-state index contributed by atoms with van der Waals surface area (Å²) in [6, 6.07) is 3.50. The molecule has 1 aromatic carbocycles. The molecule has 0 saturated heterocycles. The predicted molar refractivity (Wildman–Crippen MR) is 64.9 cm³/mol. The molecule has 100 valence electrons. The molecule has 1 aromatic rings. The second-order valence-corrected chi connectivity index (χ2v) is 4.26.